The second-order valence-electron chi connectivity index (χ2n) is 12.9. The van der Waals surface area contributed by atoms with Crippen LogP contribution >= 0.6 is 7.82 Å². The largest absolute Gasteiger partial charge is 0.469 e. The fourth-order valence-electron chi connectivity index (χ4n) is 5.22. The molecule has 0 saturated heterocycles. The van der Waals surface area contributed by atoms with Gasteiger partial charge >= 0.3 is 19.8 Å². The first-order valence-corrected chi connectivity index (χ1v) is 20.8. The monoisotopic (exact) mass is 698 g/mol. The minimum atomic E-state index is -4.75. The van der Waals surface area contributed by atoms with Gasteiger partial charge in [0.2, 0.25) is 0 Å². The molecule has 48 heavy (non-hydrogen) atoms. The molecule has 9 heteroatoms. The molecule has 0 fully saturated rings. The average molecular weight is 699 g/mol. The first-order chi connectivity index (χ1) is 23.3. The first-order valence-electron chi connectivity index (χ1n) is 19.3. The molecular formula is C39H71O8P. The number of rotatable bonds is 35. The Morgan fingerprint density at radius 2 is 0.938 bits per heavy atom. The average Bonchev–Trinajstić information content (AvgIpc) is 3.05. The molecule has 0 unspecified atom stereocenters. The van der Waals surface area contributed by atoms with Crippen molar-refractivity contribution in [3.8, 4) is 0 Å². The summed E-state index contributed by atoms with van der Waals surface area (Å²) in [5.74, 6) is -0.910. The van der Waals surface area contributed by atoms with Gasteiger partial charge in [0.25, 0.3) is 0 Å². The summed E-state index contributed by atoms with van der Waals surface area (Å²) in [7, 11) is -4.75. The molecule has 0 aliphatic rings. The van der Waals surface area contributed by atoms with Gasteiger partial charge in [-0.15, -0.1) is 0 Å². The summed E-state index contributed by atoms with van der Waals surface area (Å²) in [6, 6.07) is 0. The van der Waals surface area contributed by atoms with Crippen molar-refractivity contribution in [2.24, 2.45) is 0 Å². The standard InChI is InChI=1S/C39H71O8P/c1-3-5-7-9-11-13-15-17-19-21-23-25-27-29-31-33-38(40)45-35-37(36-46-48(42,43)44)47-39(41)34-32-30-28-26-24-22-20-18-16-14-12-10-8-6-4-2/h11,13,17-20,37H,3-10,12,14-16,21-36H2,1-2H3,(H2,42,43,44)/b13-11-,19-17-,20-18-/t37-/m1/s1. The van der Waals surface area contributed by atoms with Gasteiger partial charge in [0.15, 0.2) is 6.10 Å². The number of phosphoric acid groups is 1. The van der Waals surface area contributed by atoms with Crippen molar-refractivity contribution in [2.75, 3.05) is 13.2 Å². The number of phosphoric ester groups is 1. The van der Waals surface area contributed by atoms with E-state index in [-0.39, 0.29) is 19.4 Å². The normalized spacial score (nSPS) is 12.8. The Morgan fingerprint density at radius 3 is 1.44 bits per heavy atom. The van der Waals surface area contributed by atoms with Crippen molar-refractivity contribution in [2.45, 2.75) is 187 Å². The van der Waals surface area contributed by atoms with E-state index in [0.717, 1.165) is 70.6 Å². The highest BCUT2D eigenvalue weighted by atomic mass is 31.2. The molecule has 280 valence electrons. The predicted molar refractivity (Wildman–Crippen MR) is 198 cm³/mol. The van der Waals surface area contributed by atoms with E-state index >= 15 is 0 Å². The van der Waals surface area contributed by atoms with Crippen LogP contribution in [-0.2, 0) is 28.2 Å². The minimum absolute atomic E-state index is 0.199. The van der Waals surface area contributed by atoms with E-state index in [9.17, 15) is 14.2 Å². The van der Waals surface area contributed by atoms with Crippen molar-refractivity contribution in [3.63, 3.8) is 0 Å². The maximum absolute atomic E-state index is 12.4. The summed E-state index contributed by atoms with van der Waals surface area (Å²) in [5.41, 5.74) is 0. The van der Waals surface area contributed by atoms with Gasteiger partial charge in [-0.25, -0.2) is 4.57 Å². The zero-order valence-corrected chi connectivity index (χ0v) is 31.5. The quantitative estimate of drug-likeness (QED) is 0.0290. The summed E-state index contributed by atoms with van der Waals surface area (Å²) in [4.78, 5) is 42.7. The van der Waals surface area contributed by atoms with Crippen molar-refractivity contribution in [1.29, 1.82) is 0 Å². The molecule has 0 heterocycles. The van der Waals surface area contributed by atoms with Crippen LogP contribution in [0.1, 0.15) is 181 Å². The Labute approximate surface area is 293 Å². The molecule has 2 N–H and O–H groups in total. The van der Waals surface area contributed by atoms with Crippen molar-refractivity contribution >= 4 is 19.8 Å². The number of unbranched alkanes of at least 4 members (excludes halogenated alkanes) is 19. The highest BCUT2D eigenvalue weighted by Gasteiger charge is 2.22. The van der Waals surface area contributed by atoms with Crippen molar-refractivity contribution < 1.29 is 37.9 Å². The van der Waals surface area contributed by atoms with Crippen LogP contribution in [0.4, 0.5) is 0 Å². The van der Waals surface area contributed by atoms with Crippen LogP contribution in [0, 0.1) is 0 Å². The van der Waals surface area contributed by atoms with Crippen LogP contribution in [0.5, 0.6) is 0 Å². The smallest absolute Gasteiger partial charge is 0.462 e. The second kappa shape index (κ2) is 35.1. The van der Waals surface area contributed by atoms with Gasteiger partial charge in [0.1, 0.15) is 6.61 Å². The molecule has 8 nitrogen and oxygen atoms in total. The van der Waals surface area contributed by atoms with Crippen LogP contribution in [0.2, 0.25) is 0 Å². The molecule has 0 amide bonds. The highest BCUT2D eigenvalue weighted by molar-refractivity contribution is 7.46. The van der Waals surface area contributed by atoms with E-state index in [0.29, 0.717) is 12.8 Å². The van der Waals surface area contributed by atoms with Crippen molar-refractivity contribution in [3.05, 3.63) is 36.5 Å². The number of hydrogen-bond donors (Lipinski definition) is 2. The highest BCUT2D eigenvalue weighted by Crippen LogP contribution is 2.36. The predicted octanol–water partition coefficient (Wildman–Crippen LogP) is 11.4. The Morgan fingerprint density at radius 1 is 0.542 bits per heavy atom. The third kappa shape index (κ3) is 37.1. The molecule has 0 aromatic carbocycles. The minimum Gasteiger partial charge on any atom is -0.462 e. The lowest BCUT2D eigenvalue weighted by molar-refractivity contribution is -0.161. The molecule has 0 aromatic rings. The first kappa shape index (κ1) is 46.3. The second-order valence-corrected chi connectivity index (χ2v) is 14.1. The van der Waals surface area contributed by atoms with Gasteiger partial charge in [-0.1, -0.05) is 134 Å². The lowest BCUT2D eigenvalue weighted by Gasteiger charge is -2.18. The van der Waals surface area contributed by atoms with Gasteiger partial charge in [-0.2, -0.15) is 0 Å². The number of carbonyl (C=O) groups excluding carboxylic acids is 2. The zero-order valence-electron chi connectivity index (χ0n) is 30.6. The lowest BCUT2D eigenvalue weighted by Crippen LogP contribution is -2.29. The van der Waals surface area contributed by atoms with E-state index in [1.807, 2.05) is 0 Å². The fraction of sp³-hybridized carbons (Fsp3) is 0.795. The third-order valence-electron chi connectivity index (χ3n) is 8.13. The van der Waals surface area contributed by atoms with E-state index < -0.39 is 32.5 Å². The summed E-state index contributed by atoms with van der Waals surface area (Å²) < 4.78 is 26.3. The van der Waals surface area contributed by atoms with Gasteiger partial charge in [0, 0.05) is 12.8 Å². The van der Waals surface area contributed by atoms with Gasteiger partial charge in [0.05, 0.1) is 6.61 Å². The molecule has 0 rings (SSSR count). The molecule has 0 spiro atoms. The molecule has 1 atom stereocenters. The lowest BCUT2D eigenvalue weighted by atomic mass is 10.1. The van der Waals surface area contributed by atoms with Gasteiger partial charge in [-0.05, 0) is 70.6 Å². The SMILES string of the molecule is CCCCC/C=C\C/C=C\CCCCCCCC(=O)OC[C@H](COP(=O)(O)O)OC(=O)CCCCCCC/C=C\CCCCCCCC. The molecule has 0 aromatic heterocycles. The topological polar surface area (TPSA) is 119 Å². The Kier molecular flexibility index (Phi) is 33.8. The number of allylic oxidation sites excluding steroid dienone is 6. The van der Waals surface area contributed by atoms with Crippen LogP contribution in [0.15, 0.2) is 36.5 Å². The Bertz CT molecular complexity index is 879. The van der Waals surface area contributed by atoms with Crippen LogP contribution in [0.3, 0.4) is 0 Å². The van der Waals surface area contributed by atoms with Gasteiger partial charge in [-0.3, -0.25) is 14.1 Å². The number of esters is 2. The van der Waals surface area contributed by atoms with E-state index in [1.54, 1.807) is 0 Å². The maximum Gasteiger partial charge on any atom is 0.469 e. The van der Waals surface area contributed by atoms with Gasteiger partial charge < -0.3 is 19.3 Å². The number of ether oxygens (including phenoxy) is 2. The van der Waals surface area contributed by atoms with Crippen molar-refractivity contribution in [1.82, 2.24) is 0 Å². The zero-order chi connectivity index (χ0) is 35.4. The number of carbonyl (C=O) groups is 2. The molecule has 0 aliphatic carbocycles. The molecule has 0 saturated carbocycles. The summed E-state index contributed by atoms with van der Waals surface area (Å²) >= 11 is 0. The maximum atomic E-state index is 12.4. The van der Waals surface area contributed by atoms with Crippen LogP contribution in [0.25, 0.3) is 0 Å². The molecule has 0 bridgehead atoms. The van der Waals surface area contributed by atoms with Crippen LogP contribution in [-0.4, -0.2) is 41.0 Å². The Balaban J connectivity index is 4.00. The van der Waals surface area contributed by atoms with Crippen LogP contribution < -0.4 is 0 Å². The number of hydrogen-bond acceptors (Lipinski definition) is 6. The van der Waals surface area contributed by atoms with E-state index in [4.69, 9.17) is 19.3 Å². The third-order valence-corrected chi connectivity index (χ3v) is 8.62. The summed E-state index contributed by atoms with van der Waals surface area (Å²) in [6.07, 6.45) is 40.0. The van der Waals surface area contributed by atoms with E-state index in [1.165, 1.54) is 70.6 Å². The fourth-order valence-corrected chi connectivity index (χ4v) is 5.58. The summed E-state index contributed by atoms with van der Waals surface area (Å²) in [5, 5.41) is 0. The molecule has 0 aliphatic heterocycles. The molecule has 0 radical (unpaired) electrons. The molecular weight excluding hydrogens is 627 g/mol. The van der Waals surface area contributed by atoms with E-state index in [2.05, 4.69) is 54.8 Å². The Hall–Kier alpha value is -1.73. The summed E-state index contributed by atoms with van der Waals surface area (Å²) in [6.45, 7) is 3.63.